The van der Waals surface area contributed by atoms with Crippen molar-refractivity contribution in [3.05, 3.63) is 52.0 Å². The van der Waals surface area contributed by atoms with Gasteiger partial charge in [-0.2, -0.15) is 5.26 Å². The SMILES string of the molecule is Cc1csc(C(C#N)Nc2ccc(F)cc2)c1. The lowest BCUT2D eigenvalue weighted by molar-refractivity contribution is 0.628. The van der Waals surface area contributed by atoms with Crippen LogP contribution in [0.25, 0.3) is 0 Å². The van der Waals surface area contributed by atoms with Crippen LogP contribution in [0, 0.1) is 24.1 Å². The topological polar surface area (TPSA) is 35.8 Å². The summed E-state index contributed by atoms with van der Waals surface area (Å²) in [4.78, 5) is 0.967. The summed E-state index contributed by atoms with van der Waals surface area (Å²) in [5.74, 6) is -0.281. The largest absolute Gasteiger partial charge is 0.366 e. The lowest BCUT2D eigenvalue weighted by Gasteiger charge is -2.10. The fourth-order valence-electron chi connectivity index (χ4n) is 1.48. The molecule has 0 saturated carbocycles. The van der Waals surface area contributed by atoms with Crippen LogP contribution in [-0.4, -0.2) is 0 Å². The van der Waals surface area contributed by atoms with Crippen LogP contribution < -0.4 is 5.32 Å². The van der Waals surface area contributed by atoms with Gasteiger partial charge in [-0.1, -0.05) is 0 Å². The molecule has 1 N–H and O–H groups in total. The van der Waals surface area contributed by atoms with E-state index in [1.54, 1.807) is 23.5 Å². The number of benzene rings is 1. The zero-order chi connectivity index (χ0) is 12.3. The second-order valence-electron chi connectivity index (χ2n) is 3.74. The Hall–Kier alpha value is -1.86. The van der Waals surface area contributed by atoms with Crippen LogP contribution in [0.15, 0.2) is 35.7 Å². The van der Waals surface area contributed by atoms with Gasteiger partial charge in [0.25, 0.3) is 0 Å². The van der Waals surface area contributed by atoms with Gasteiger partial charge >= 0.3 is 0 Å². The van der Waals surface area contributed by atoms with Crippen LogP contribution in [0.1, 0.15) is 16.5 Å². The fourth-order valence-corrected chi connectivity index (χ4v) is 2.38. The maximum Gasteiger partial charge on any atom is 0.149 e. The van der Waals surface area contributed by atoms with Crippen molar-refractivity contribution in [3.63, 3.8) is 0 Å². The number of aryl methyl sites for hydroxylation is 1. The van der Waals surface area contributed by atoms with E-state index in [2.05, 4.69) is 11.4 Å². The third-order valence-corrected chi connectivity index (χ3v) is 3.44. The Labute approximate surface area is 103 Å². The minimum atomic E-state index is -0.390. The van der Waals surface area contributed by atoms with Crippen molar-refractivity contribution in [3.8, 4) is 6.07 Å². The van der Waals surface area contributed by atoms with Gasteiger partial charge in [0.15, 0.2) is 0 Å². The Morgan fingerprint density at radius 3 is 2.59 bits per heavy atom. The van der Waals surface area contributed by atoms with E-state index >= 15 is 0 Å². The maximum absolute atomic E-state index is 12.7. The number of anilines is 1. The van der Waals surface area contributed by atoms with Crippen molar-refractivity contribution in [2.75, 3.05) is 5.32 Å². The highest BCUT2D eigenvalue weighted by atomic mass is 32.1. The molecule has 0 bridgehead atoms. The first-order valence-electron chi connectivity index (χ1n) is 5.16. The Morgan fingerprint density at radius 1 is 1.35 bits per heavy atom. The van der Waals surface area contributed by atoms with E-state index in [0.717, 1.165) is 16.1 Å². The molecule has 0 aliphatic heterocycles. The second kappa shape index (κ2) is 4.98. The summed E-state index contributed by atoms with van der Waals surface area (Å²) in [7, 11) is 0. The average Bonchev–Trinajstić information content (AvgIpc) is 2.75. The van der Waals surface area contributed by atoms with Crippen molar-refractivity contribution >= 4 is 17.0 Å². The molecule has 0 amide bonds. The normalized spacial score (nSPS) is 11.8. The van der Waals surface area contributed by atoms with Crippen molar-refractivity contribution < 1.29 is 4.39 Å². The molecule has 0 spiro atoms. The molecule has 0 saturated heterocycles. The molecule has 0 aliphatic rings. The highest BCUT2D eigenvalue weighted by molar-refractivity contribution is 7.10. The standard InChI is InChI=1S/C13H11FN2S/c1-9-6-13(17-8-9)12(7-15)16-11-4-2-10(14)3-5-11/h2-6,8,12,16H,1H3. The number of rotatable bonds is 3. The van der Waals surface area contributed by atoms with Crippen LogP contribution >= 0.6 is 11.3 Å². The van der Waals surface area contributed by atoms with Crippen LogP contribution in [0.5, 0.6) is 0 Å². The van der Waals surface area contributed by atoms with Gasteiger partial charge < -0.3 is 5.32 Å². The molecule has 1 heterocycles. The van der Waals surface area contributed by atoms with Gasteiger partial charge in [0, 0.05) is 10.6 Å². The lowest BCUT2D eigenvalue weighted by Crippen LogP contribution is -2.06. The summed E-state index contributed by atoms with van der Waals surface area (Å²) >= 11 is 1.55. The predicted molar refractivity (Wildman–Crippen MR) is 67.4 cm³/mol. The molecular formula is C13H11FN2S. The number of thiophene rings is 1. The van der Waals surface area contributed by atoms with Crippen LogP contribution in [0.2, 0.25) is 0 Å². The van der Waals surface area contributed by atoms with Gasteiger partial charge in [0.1, 0.15) is 11.9 Å². The molecule has 1 unspecified atom stereocenters. The van der Waals surface area contributed by atoms with Crippen molar-refractivity contribution in [1.29, 1.82) is 5.26 Å². The van der Waals surface area contributed by atoms with Gasteiger partial charge in [0.2, 0.25) is 0 Å². The quantitative estimate of drug-likeness (QED) is 0.892. The van der Waals surface area contributed by atoms with Gasteiger partial charge in [0.05, 0.1) is 6.07 Å². The number of hydrogen-bond donors (Lipinski definition) is 1. The summed E-state index contributed by atoms with van der Waals surface area (Å²) in [6, 6.07) is 9.79. The van der Waals surface area contributed by atoms with E-state index in [9.17, 15) is 4.39 Å². The van der Waals surface area contributed by atoms with E-state index in [1.165, 1.54) is 12.1 Å². The van der Waals surface area contributed by atoms with Crippen molar-refractivity contribution in [2.45, 2.75) is 13.0 Å². The lowest BCUT2D eigenvalue weighted by atomic mass is 10.2. The summed E-state index contributed by atoms with van der Waals surface area (Å²) in [6.07, 6.45) is 0. The molecule has 4 heteroatoms. The number of nitrogens with zero attached hydrogens (tertiary/aromatic N) is 1. The van der Waals surface area contributed by atoms with E-state index in [0.29, 0.717) is 0 Å². The summed E-state index contributed by atoms with van der Waals surface area (Å²) in [5.41, 5.74) is 1.88. The van der Waals surface area contributed by atoms with Gasteiger partial charge in [-0.25, -0.2) is 4.39 Å². The molecule has 2 nitrogen and oxygen atoms in total. The molecule has 2 rings (SSSR count). The highest BCUT2D eigenvalue weighted by Gasteiger charge is 2.11. The summed E-state index contributed by atoms with van der Waals surface area (Å²) < 4.78 is 12.7. The van der Waals surface area contributed by atoms with Crippen molar-refractivity contribution in [2.24, 2.45) is 0 Å². The first-order chi connectivity index (χ1) is 8.19. The number of nitrogens with one attached hydrogen (secondary N) is 1. The Bertz CT molecular complexity index is 539. The summed E-state index contributed by atoms with van der Waals surface area (Å²) in [6.45, 7) is 1.99. The van der Waals surface area contributed by atoms with E-state index in [-0.39, 0.29) is 11.9 Å². The molecule has 0 fully saturated rings. The first-order valence-corrected chi connectivity index (χ1v) is 6.04. The molecule has 0 aliphatic carbocycles. The zero-order valence-electron chi connectivity index (χ0n) is 9.27. The first kappa shape index (κ1) is 11.6. The highest BCUT2D eigenvalue weighted by Crippen LogP contribution is 2.25. The van der Waals surface area contributed by atoms with E-state index in [4.69, 9.17) is 5.26 Å². The molecule has 0 radical (unpaired) electrons. The van der Waals surface area contributed by atoms with Crippen LogP contribution in [0.4, 0.5) is 10.1 Å². The van der Waals surface area contributed by atoms with Gasteiger partial charge in [-0.3, -0.25) is 0 Å². The molecule has 1 aromatic heterocycles. The van der Waals surface area contributed by atoms with Crippen molar-refractivity contribution in [1.82, 2.24) is 0 Å². The third kappa shape index (κ3) is 2.83. The fraction of sp³-hybridized carbons (Fsp3) is 0.154. The second-order valence-corrected chi connectivity index (χ2v) is 4.68. The van der Waals surface area contributed by atoms with E-state index < -0.39 is 0 Å². The number of halogens is 1. The Balaban J connectivity index is 2.16. The zero-order valence-corrected chi connectivity index (χ0v) is 10.1. The Kier molecular flexibility index (Phi) is 3.40. The molecular weight excluding hydrogens is 235 g/mol. The van der Waals surface area contributed by atoms with Gasteiger partial charge in [-0.15, -0.1) is 11.3 Å². The molecule has 1 atom stereocenters. The minimum Gasteiger partial charge on any atom is -0.366 e. The monoisotopic (exact) mass is 246 g/mol. The van der Waals surface area contributed by atoms with E-state index in [1.807, 2.05) is 18.4 Å². The third-order valence-electron chi connectivity index (χ3n) is 2.32. The average molecular weight is 246 g/mol. The number of hydrogen-bond acceptors (Lipinski definition) is 3. The van der Waals surface area contributed by atoms with Gasteiger partial charge in [-0.05, 0) is 48.2 Å². The predicted octanol–water partition coefficient (Wildman–Crippen LogP) is 3.87. The smallest absolute Gasteiger partial charge is 0.149 e. The number of nitriles is 1. The van der Waals surface area contributed by atoms with Crippen LogP contribution in [-0.2, 0) is 0 Å². The molecule has 17 heavy (non-hydrogen) atoms. The molecule has 86 valence electrons. The maximum atomic E-state index is 12.7. The molecule has 1 aromatic carbocycles. The Morgan fingerprint density at radius 2 is 2.06 bits per heavy atom. The van der Waals surface area contributed by atoms with Crippen LogP contribution in [0.3, 0.4) is 0 Å². The minimum absolute atomic E-state index is 0.281. The summed E-state index contributed by atoms with van der Waals surface area (Å²) in [5, 5.41) is 14.2. The molecule has 2 aromatic rings.